The Kier molecular flexibility index (Phi) is 9.41. The van der Waals surface area contributed by atoms with Crippen LogP contribution in [0.2, 0.25) is 0 Å². The number of ether oxygens (including phenoxy) is 3. The van der Waals surface area contributed by atoms with Crippen LogP contribution < -0.4 is 15.4 Å². The summed E-state index contributed by atoms with van der Waals surface area (Å²) in [4.78, 5) is 48.6. The summed E-state index contributed by atoms with van der Waals surface area (Å²) in [5, 5.41) is 5.21. The minimum absolute atomic E-state index is 0.266. The van der Waals surface area contributed by atoms with Gasteiger partial charge in [0.15, 0.2) is 6.61 Å². The van der Waals surface area contributed by atoms with Crippen LogP contribution in [-0.2, 0) is 19.1 Å². The standard InChI is InChI=1S/C24H28N2O7/c1-5-32-19-12-8-16(9-13-19)22(28)26-21(15(2)3)24(30)33-14-20(27)25-18-10-6-17(7-11-18)23(29)31-4/h6-13,15,21H,5,14H2,1-4H3,(H,25,27)(H,26,28)/t21-/m0/s1. The van der Waals surface area contributed by atoms with Crippen molar-refractivity contribution in [2.75, 3.05) is 25.6 Å². The van der Waals surface area contributed by atoms with E-state index in [1.54, 1.807) is 38.1 Å². The first kappa shape index (κ1) is 25.4. The van der Waals surface area contributed by atoms with E-state index in [1.807, 2.05) is 6.92 Å². The maximum absolute atomic E-state index is 12.5. The molecule has 0 aliphatic rings. The number of anilines is 1. The van der Waals surface area contributed by atoms with Crippen LogP contribution in [0.3, 0.4) is 0 Å². The van der Waals surface area contributed by atoms with Gasteiger partial charge < -0.3 is 24.8 Å². The highest BCUT2D eigenvalue weighted by atomic mass is 16.5. The summed E-state index contributed by atoms with van der Waals surface area (Å²) in [7, 11) is 1.28. The van der Waals surface area contributed by atoms with Gasteiger partial charge in [0.05, 0.1) is 19.3 Å². The lowest BCUT2D eigenvalue weighted by atomic mass is 10.0. The number of amides is 2. The Hall–Kier alpha value is -3.88. The lowest BCUT2D eigenvalue weighted by molar-refractivity contribution is -0.150. The number of esters is 2. The van der Waals surface area contributed by atoms with Crippen molar-refractivity contribution in [3.63, 3.8) is 0 Å². The highest BCUT2D eigenvalue weighted by molar-refractivity contribution is 5.98. The van der Waals surface area contributed by atoms with Crippen LogP contribution in [0.5, 0.6) is 5.75 Å². The lowest BCUT2D eigenvalue weighted by Gasteiger charge is -2.21. The third-order valence-electron chi connectivity index (χ3n) is 4.57. The number of rotatable bonds is 10. The maximum atomic E-state index is 12.5. The van der Waals surface area contributed by atoms with E-state index >= 15 is 0 Å². The molecular formula is C24H28N2O7. The fraction of sp³-hybridized carbons (Fsp3) is 0.333. The Bertz CT molecular complexity index is 969. The molecule has 176 valence electrons. The normalized spacial score (nSPS) is 11.3. The maximum Gasteiger partial charge on any atom is 0.337 e. The van der Waals surface area contributed by atoms with Gasteiger partial charge in [0.25, 0.3) is 11.8 Å². The molecule has 2 rings (SSSR count). The zero-order chi connectivity index (χ0) is 24.4. The van der Waals surface area contributed by atoms with Crippen LogP contribution in [-0.4, -0.2) is 50.1 Å². The smallest absolute Gasteiger partial charge is 0.337 e. The van der Waals surface area contributed by atoms with Crippen molar-refractivity contribution in [2.24, 2.45) is 5.92 Å². The molecule has 2 aromatic rings. The van der Waals surface area contributed by atoms with Crippen LogP contribution in [0.25, 0.3) is 0 Å². The van der Waals surface area contributed by atoms with Crippen molar-refractivity contribution >= 4 is 29.4 Å². The quantitative estimate of drug-likeness (QED) is 0.528. The summed E-state index contributed by atoms with van der Waals surface area (Å²) in [6, 6.07) is 11.7. The molecule has 2 amide bonds. The molecule has 0 spiro atoms. The number of carbonyl (C=O) groups excluding carboxylic acids is 4. The van der Waals surface area contributed by atoms with Crippen molar-refractivity contribution in [3.05, 3.63) is 59.7 Å². The van der Waals surface area contributed by atoms with Gasteiger partial charge in [-0.25, -0.2) is 9.59 Å². The second-order valence-corrected chi connectivity index (χ2v) is 7.38. The molecule has 0 heterocycles. The Morgan fingerprint density at radius 1 is 0.909 bits per heavy atom. The molecule has 0 aliphatic heterocycles. The van der Waals surface area contributed by atoms with Crippen molar-refractivity contribution in [2.45, 2.75) is 26.8 Å². The van der Waals surface area contributed by atoms with Crippen LogP contribution in [0, 0.1) is 5.92 Å². The number of carbonyl (C=O) groups is 4. The van der Waals surface area contributed by atoms with Gasteiger partial charge in [0, 0.05) is 11.3 Å². The topological polar surface area (TPSA) is 120 Å². The minimum Gasteiger partial charge on any atom is -0.494 e. The lowest BCUT2D eigenvalue weighted by Crippen LogP contribution is -2.45. The highest BCUT2D eigenvalue weighted by Crippen LogP contribution is 2.14. The molecule has 2 aromatic carbocycles. The number of hydrogen-bond acceptors (Lipinski definition) is 7. The molecule has 9 heteroatoms. The molecule has 1 atom stereocenters. The number of nitrogens with one attached hydrogen (secondary N) is 2. The first-order valence-electron chi connectivity index (χ1n) is 10.4. The Morgan fingerprint density at radius 2 is 1.52 bits per heavy atom. The first-order valence-corrected chi connectivity index (χ1v) is 10.4. The molecular weight excluding hydrogens is 428 g/mol. The predicted molar refractivity (Wildman–Crippen MR) is 121 cm³/mol. The van der Waals surface area contributed by atoms with Crippen LogP contribution in [0.1, 0.15) is 41.5 Å². The highest BCUT2D eigenvalue weighted by Gasteiger charge is 2.27. The van der Waals surface area contributed by atoms with Crippen molar-refractivity contribution in [1.82, 2.24) is 5.32 Å². The monoisotopic (exact) mass is 456 g/mol. The van der Waals surface area contributed by atoms with E-state index in [1.165, 1.54) is 31.4 Å². The summed E-state index contributed by atoms with van der Waals surface area (Å²) in [6.07, 6.45) is 0. The molecule has 0 radical (unpaired) electrons. The molecule has 0 unspecified atom stereocenters. The van der Waals surface area contributed by atoms with E-state index < -0.39 is 36.4 Å². The Labute approximate surface area is 192 Å². The van der Waals surface area contributed by atoms with Gasteiger partial charge in [0.1, 0.15) is 11.8 Å². The van der Waals surface area contributed by atoms with Crippen molar-refractivity contribution in [1.29, 1.82) is 0 Å². The molecule has 0 saturated carbocycles. The van der Waals surface area contributed by atoms with Gasteiger partial charge in [-0.1, -0.05) is 13.8 Å². The summed E-state index contributed by atoms with van der Waals surface area (Å²) in [5.74, 6) is -1.84. The van der Waals surface area contributed by atoms with E-state index in [0.29, 0.717) is 29.2 Å². The van der Waals surface area contributed by atoms with E-state index in [-0.39, 0.29) is 5.92 Å². The van der Waals surface area contributed by atoms with E-state index in [2.05, 4.69) is 15.4 Å². The fourth-order valence-corrected chi connectivity index (χ4v) is 2.82. The number of methoxy groups -OCH3 is 1. The molecule has 0 aromatic heterocycles. The number of benzene rings is 2. The van der Waals surface area contributed by atoms with E-state index in [0.717, 1.165) is 0 Å². The third kappa shape index (κ3) is 7.64. The van der Waals surface area contributed by atoms with Crippen molar-refractivity contribution < 1.29 is 33.4 Å². The number of hydrogen-bond donors (Lipinski definition) is 2. The Morgan fingerprint density at radius 3 is 2.06 bits per heavy atom. The summed E-state index contributed by atoms with van der Waals surface area (Å²) < 4.78 is 15.1. The molecule has 0 bridgehead atoms. The average Bonchev–Trinajstić information content (AvgIpc) is 2.81. The molecule has 33 heavy (non-hydrogen) atoms. The van der Waals surface area contributed by atoms with Gasteiger partial charge >= 0.3 is 11.9 Å². The first-order chi connectivity index (χ1) is 15.7. The van der Waals surface area contributed by atoms with Crippen LogP contribution in [0.4, 0.5) is 5.69 Å². The van der Waals surface area contributed by atoms with Gasteiger partial charge in [-0.2, -0.15) is 0 Å². The fourth-order valence-electron chi connectivity index (χ4n) is 2.82. The van der Waals surface area contributed by atoms with Gasteiger partial charge in [0.2, 0.25) is 0 Å². The summed E-state index contributed by atoms with van der Waals surface area (Å²) in [5.41, 5.74) is 1.13. The molecule has 9 nitrogen and oxygen atoms in total. The molecule has 0 aliphatic carbocycles. The summed E-state index contributed by atoms with van der Waals surface area (Å²) >= 11 is 0. The van der Waals surface area contributed by atoms with E-state index in [4.69, 9.17) is 9.47 Å². The zero-order valence-corrected chi connectivity index (χ0v) is 19.0. The van der Waals surface area contributed by atoms with Gasteiger partial charge in [-0.15, -0.1) is 0 Å². The average molecular weight is 456 g/mol. The minimum atomic E-state index is -0.934. The predicted octanol–water partition coefficient (Wildman–Crippen LogP) is 2.81. The molecule has 2 N–H and O–H groups in total. The van der Waals surface area contributed by atoms with Gasteiger partial charge in [-0.3, -0.25) is 9.59 Å². The third-order valence-corrected chi connectivity index (χ3v) is 4.57. The zero-order valence-electron chi connectivity index (χ0n) is 19.0. The van der Waals surface area contributed by atoms with Crippen LogP contribution in [0.15, 0.2) is 48.5 Å². The van der Waals surface area contributed by atoms with Gasteiger partial charge in [-0.05, 0) is 61.4 Å². The summed E-state index contributed by atoms with van der Waals surface area (Å²) in [6.45, 7) is 5.36. The van der Waals surface area contributed by atoms with Crippen LogP contribution >= 0.6 is 0 Å². The molecule has 0 saturated heterocycles. The SMILES string of the molecule is CCOc1ccc(C(=O)N[C@H](C(=O)OCC(=O)Nc2ccc(C(=O)OC)cc2)C(C)C)cc1. The second-order valence-electron chi connectivity index (χ2n) is 7.38. The van der Waals surface area contributed by atoms with Crippen molar-refractivity contribution in [3.8, 4) is 5.75 Å². The Balaban J connectivity index is 1.90. The van der Waals surface area contributed by atoms with E-state index in [9.17, 15) is 19.2 Å². The second kappa shape index (κ2) is 12.2. The largest absolute Gasteiger partial charge is 0.494 e. The molecule has 0 fully saturated rings.